The Balaban J connectivity index is 2.25. The molecule has 0 radical (unpaired) electrons. The van der Waals surface area contributed by atoms with Gasteiger partial charge in [0.15, 0.2) is 11.5 Å². The molecule has 2 rings (SSSR count). The molecule has 1 aromatic heterocycles. The van der Waals surface area contributed by atoms with E-state index in [1.54, 1.807) is 0 Å². The minimum Gasteiger partial charge on any atom is -0.365 e. The molecule has 0 bridgehead atoms. The minimum absolute atomic E-state index is 0.217. The van der Waals surface area contributed by atoms with E-state index in [-0.39, 0.29) is 5.69 Å². The lowest BCUT2D eigenvalue weighted by Crippen LogP contribution is -2.17. The maximum atomic E-state index is 10.9. The molecule has 68 valence electrons. The lowest BCUT2D eigenvalue weighted by atomic mass is 10.4. The monoisotopic (exact) mass is 178 g/mol. The van der Waals surface area contributed by atoms with Gasteiger partial charge in [-0.05, 0) is 12.8 Å². The Morgan fingerprint density at radius 1 is 1.46 bits per heavy atom. The largest absolute Gasteiger partial charge is 0.365 e. The molecule has 1 fully saturated rings. The standard InChI is InChI=1S/C8H10N4O/c9-7(13)6-8(11-4-3-10-6)12-5-1-2-5/h3-5H,1-2H2,(H2,9,13)(H,11,12). The Labute approximate surface area is 75.4 Å². The van der Waals surface area contributed by atoms with Crippen molar-refractivity contribution >= 4 is 11.7 Å². The third kappa shape index (κ3) is 1.74. The van der Waals surface area contributed by atoms with Crippen molar-refractivity contribution in [2.75, 3.05) is 5.32 Å². The predicted octanol–water partition coefficient (Wildman–Crippen LogP) is 0.150. The number of anilines is 1. The first-order chi connectivity index (χ1) is 6.27. The van der Waals surface area contributed by atoms with Gasteiger partial charge in [-0.2, -0.15) is 0 Å². The van der Waals surface area contributed by atoms with E-state index in [0.717, 1.165) is 12.8 Å². The summed E-state index contributed by atoms with van der Waals surface area (Å²) in [6, 6.07) is 0.440. The van der Waals surface area contributed by atoms with Crippen molar-refractivity contribution in [1.29, 1.82) is 0 Å². The van der Waals surface area contributed by atoms with E-state index in [9.17, 15) is 4.79 Å². The third-order valence-corrected chi connectivity index (χ3v) is 1.85. The highest BCUT2D eigenvalue weighted by Gasteiger charge is 2.23. The van der Waals surface area contributed by atoms with Crippen molar-refractivity contribution in [3.05, 3.63) is 18.1 Å². The highest BCUT2D eigenvalue weighted by Crippen LogP contribution is 2.24. The SMILES string of the molecule is NC(=O)c1nccnc1NC1CC1. The van der Waals surface area contributed by atoms with Gasteiger partial charge in [0.05, 0.1) is 0 Å². The molecule has 1 aliphatic carbocycles. The Morgan fingerprint density at radius 2 is 2.15 bits per heavy atom. The van der Waals surface area contributed by atoms with E-state index in [2.05, 4.69) is 15.3 Å². The molecule has 13 heavy (non-hydrogen) atoms. The summed E-state index contributed by atoms with van der Waals surface area (Å²) in [6.07, 6.45) is 5.23. The normalized spacial score (nSPS) is 15.4. The summed E-state index contributed by atoms with van der Waals surface area (Å²) >= 11 is 0. The zero-order valence-electron chi connectivity index (χ0n) is 7.03. The van der Waals surface area contributed by atoms with Gasteiger partial charge < -0.3 is 11.1 Å². The van der Waals surface area contributed by atoms with Gasteiger partial charge in [-0.1, -0.05) is 0 Å². The average Bonchev–Trinajstić information content (AvgIpc) is 2.89. The molecular formula is C8H10N4O. The number of hydrogen-bond donors (Lipinski definition) is 2. The van der Waals surface area contributed by atoms with Crippen molar-refractivity contribution in [3.63, 3.8) is 0 Å². The molecule has 1 heterocycles. The molecule has 1 saturated carbocycles. The van der Waals surface area contributed by atoms with Crippen molar-refractivity contribution in [3.8, 4) is 0 Å². The predicted molar refractivity (Wildman–Crippen MR) is 47.2 cm³/mol. The number of nitrogens with zero attached hydrogens (tertiary/aromatic N) is 2. The highest BCUT2D eigenvalue weighted by atomic mass is 16.1. The first-order valence-electron chi connectivity index (χ1n) is 4.14. The highest BCUT2D eigenvalue weighted by molar-refractivity contribution is 5.95. The maximum absolute atomic E-state index is 10.9. The van der Waals surface area contributed by atoms with Crippen molar-refractivity contribution < 1.29 is 4.79 Å². The van der Waals surface area contributed by atoms with E-state index in [0.29, 0.717) is 11.9 Å². The van der Waals surface area contributed by atoms with Gasteiger partial charge in [-0.25, -0.2) is 9.97 Å². The number of nitrogens with one attached hydrogen (secondary N) is 1. The quantitative estimate of drug-likeness (QED) is 0.690. The molecule has 3 N–H and O–H groups in total. The van der Waals surface area contributed by atoms with Gasteiger partial charge >= 0.3 is 0 Å². The van der Waals surface area contributed by atoms with Crippen LogP contribution < -0.4 is 11.1 Å². The van der Waals surface area contributed by atoms with Gasteiger partial charge in [0, 0.05) is 18.4 Å². The lowest BCUT2D eigenvalue weighted by molar-refractivity contribution is 0.0996. The summed E-state index contributed by atoms with van der Waals surface area (Å²) in [5.41, 5.74) is 5.35. The molecule has 0 atom stereocenters. The second kappa shape index (κ2) is 3.01. The van der Waals surface area contributed by atoms with Crippen LogP contribution in [0.25, 0.3) is 0 Å². The van der Waals surface area contributed by atoms with Crippen LogP contribution in [0.15, 0.2) is 12.4 Å². The van der Waals surface area contributed by atoms with E-state index in [1.165, 1.54) is 12.4 Å². The molecule has 1 aromatic rings. The van der Waals surface area contributed by atoms with Gasteiger partial charge in [0.1, 0.15) is 0 Å². The van der Waals surface area contributed by atoms with E-state index >= 15 is 0 Å². The second-order valence-electron chi connectivity index (χ2n) is 3.04. The number of aromatic nitrogens is 2. The van der Waals surface area contributed by atoms with Crippen LogP contribution in [0.2, 0.25) is 0 Å². The number of rotatable bonds is 3. The Hall–Kier alpha value is -1.65. The Bertz CT molecular complexity index is 335. The number of carbonyl (C=O) groups is 1. The molecule has 5 heteroatoms. The van der Waals surface area contributed by atoms with Crippen LogP contribution in [0, 0.1) is 0 Å². The maximum Gasteiger partial charge on any atom is 0.271 e. The molecule has 0 unspecified atom stereocenters. The van der Waals surface area contributed by atoms with Crippen molar-refractivity contribution in [2.45, 2.75) is 18.9 Å². The van der Waals surface area contributed by atoms with E-state index in [4.69, 9.17) is 5.73 Å². The molecule has 5 nitrogen and oxygen atoms in total. The molecule has 0 aromatic carbocycles. The van der Waals surface area contributed by atoms with Gasteiger partial charge in [0.25, 0.3) is 5.91 Å². The van der Waals surface area contributed by atoms with Crippen LogP contribution in [-0.2, 0) is 0 Å². The molecule has 1 amide bonds. The second-order valence-corrected chi connectivity index (χ2v) is 3.04. The number of hydrogen-bond acceptors (Lipinski definition) is 4. The van der Waals surface area contributed by atoms with Crippen LogP contribution in [-0.4, -0.2) is 21.9 Å². The summed E-state index contributed by atoms with van der Waals surface area (Å²) in [5.74, 6) is -0.0475. The smallest absolute Gasteiger partial charge is 0.271 e. The molecular weight excluding hydrogens is 168 g/mol. The number of nitrogens with two attached hydrogens (primary N) is 1. The lowest BCUT2D eigenvalue weighted by Gasteiger charge is -2.05. The molecule has 0 aliphatic heterocycles. The van der Waals surface area contributed by atoms with Gasteiger partial charge in [-0.3, -0.25) is 4.79 Å². The van der Waals surface area contributed by atoms with Crippen LogP contribution in [0.4, 0.5) is 5.82 Å². The fraction of sp³-hybridized carbons (Fsp3) is 0.375. The summed E-state index contributed by atoms with van der Waals surface area (Å²) in [7, 11) is 0. The van der Waals surface area contributed by atoms with Gasteiger partial charge in [-0.15, -0.1) is 0 Å². The minimum atomic E-state index is -0.545. The first-order valence-corrected chi connectivity index (χ1v) is 4.14. The zero-order chi connectivity index (χ0) is 9.26. The summed E-state index contributed by atoms with van der Waals surface area (Å²) in [4.78, 5) is 18.8. The van der Waals surface area contributed by atoms with Crippen molar-refractivity contribution in [1.82, 2.24) is 9.97 Å². The fourth-order valence-electron chi connectivity index (χ4n) is 1.04. The topological polar surface area (TPSA) is 80.9 Å². The van der Waals surface area contributed by atoms with Crippen LogP contribution in [0.3, 0.4) is 0 Å². The first kappa shape index (κ1) is 7.97. The Kier molecular flexibility index (Phi) is 1.84. The third-order valence-electron chi connectivity index (χ3n) is 1.85. The molecule has 1 aliphatic rings. The van der Waals surface area contributed by atoms with Crippen LogP contribution in [0.5, 0.6) is 0 Å². The fourth-order valence-corrected chi connectivity index (χ4v) is 1.04. The molecule has 0 saturated heterocycles. The van der Waals surface area contributed by atoms with E-state index in [1.807, 2.05) is 0 Å². The zero-order valence-corrected chi connectivity index (χ0v) is 7.03. The average molecular weight is 178 g/mol. The van der Waals surface area contributed by atoms with Gasteiger partial charge in [0.2, 0.25) is 0 Å². The van der Waals surface area contributed by atoms with E-state index < -0.39 is 5.91 Å². The number of primary amides is 1. The summed E-state index contributed by atoms with van der Waals surface area (Å²) in [6.45, 7) is 0. The molecule has 0 spiro atoms. The summed E-state index contributed by atoms with van der Waals surface area (Å²) < 4.78 is 0. The van der Waals surface area contributed by atoms with Crippen LogP contribution >= 0.6 is 0 Å². The Morgan fingerprint density at radius 3 is 2.77 bits per heavy atom. The van der Waals surface area contributed by atoms with Crippen LogP contribution in [0.1, 0.15) is 23.3 Å². The number of carbonyl (C=O) groups excluding carboxylic acids is 1. The summed E-state index contributed by atoms with van der Waals surface area (Å²) in [5, 5.41) is 3.09. The number of amides is 1. The van der Waals surface area contributed by atoms with Crippen molar-refractivity contribution in [2.24, 2.45) is 5.73 Å².